The molecule has 0 atom stereocenters. The SMILES string of the molecule is CC(C)C(=O)Nc1nc(CC(=O)NCCOc2ccc3c(c2)CCC3)cs1. The number of aromatic nitrogens is 1. The van der Waals surface area contributed by atoms with Gasteiger partial charge in [-0.3, -0.25) is 9.59 Å². The summed E-state index contributed by atoms with van der Waals surface area (Å²) in [7, 11) is 0. The quantitative estimate of drug-likeness (QED) is 0.683. The molecule has 1 heterocycles. The molecule has 1 aromatic carbocycles. The van der Waals surface area contributed by atoms with Gasteiger partial charge in [0.15, 0.2) is 5.13 Å². The van der Waals surface area contributed by atoms with Gasteiger partial charge in [-0.15, -0.1) is 11.3 Å². The number of thiazole rings is 1. The van der Waals surface area contributed by atoms with E-state index < -0.39 is 0 Å². The average molecular weight is 388 g/mol. The number of aryl methyl sites for hydroxylation is 2. The Balaban J connectivity index is 1.37. The maximum Gasteiger partial charge on any atom is 0.228 e. The molecule has 0 bridgehead atoms. The molecule has 0 spiro atoms. The van der Waals surface area contributed by atoms with E-state index in [2.05, 4.69) is 27.8 Å². The highest BCUT2D eigenvalue weighted by molar-refractivity contribution is 7.13. The lowest BCUT2D eigenvalue weighted by Crippen LogP contribution is -2.29. The second kappa shape index (κ2) is 8.99. The van der Waals surface area contributed by atoms with Crippen LogP contribution in [0.25, 0.3) is 0 Å². The Bertz CT molecular complexity index is 817. The zero-order chi connectivity index (χ0) is 19.2. The molecule has 0 radical (unpaired) electrons. The second-order valence-electron chi connectivity index (χ2n) is 6.95. The van der Waals surface area contributed by atoms with Crippen molar-refractivity contribution in [3.05, 3.63) is 40.4 Å². The predicted molar refractivity (Wildman–Crippen MR) is 106 cm³/mol. The van der Waals surface area contributed by atoms with Gasteiger partial charge in [0.25, 0.3) is 0 Å². The van der Waals surface area contributed by atoms with E-state index in [1.807, 2.05) is 19.9 Å². The van der Waals surface area contributed by atoms with Crippen LogP contribution in [0.1, 0.15) is 37.1 Å². The van der Waals surface area contributed by atoms with Crippen LogP contribution in [0.2, 0.25) is 0 Å². The highest BCUT2D eigenvalue weighted by Gasteiger charge is 2.13. The molecule has 2 amide bonds. The number of carbonyl (C=O) groups is 2. The smallest absolute Gasteiger partial charge is 0.228 e. The van der Waals surface area contributed by atoms with Crippen LogP contribution in [0.4, 0.5) is 5.13 Å². The van der Waals surface area contributed by atoms with Gasteiger partial charge in [0.05, 0.1) is 18.7 Å². The maximum atomic E-state index is 12.0. The van der Waals surface area contributed by atoms with Crippen molar-refractivity contribution in [1.29, 1.82) is 0 Å². The summed E-state index contributed by atoms with van der Waals surface area (Å²) < 4.78 is 5.73. The van der Waals surface area contributed by atoms with E-state index in [0.29, 0.717) is 24.0 Å². The molecule has 1 aromatic heterocycles. The van der Waals surface area contributed by atoms with E-state index in [4.69, 9.17) is 4.74 Å². The number of anilines is 1. The summed E-state index contributed by atoms with van der Waals surface area (Å²) >= 11 is 1.32. The normalized spacial score (nSPS) is 12.7. The molecule has 27 heavy (non-hydrogen) atoms. The number of hydrogen-bond acceptors (Lipinski definition) is 5. The number of carbonyl (C=O) groups excluding carboxylic acids is 2. The van der Waals surface area contributed by atoms with Crippen molar-refractivity contribution < 1.29 is 14.3 Å². The fraction of sp³-hybridized carbons (Fsp3) is 0.450. The predicted octanol–water partition coefficient (Wildman–Crippen LogP) is 2.96. The van der Waals surface area contributed by atoms with E-state index in [0.717, 1.165) is 18.6 Å². The highest BCUT2D eigenvalue weighted by atomic mass is 32.1. The molecular formula is C20H25N3O3S. The van der Waals surface area contributed by atoms with Gasteiger partial charge in [0, 0.05) is 11.3 Å². The molecule has 0 saturated carbocycles. The van der Waals surface area contributed by atoms with Crippen molar-refractivity contribution in [2.75, 3.05) is 18.5 Å². The lowest BCUT2D eigenvalue weighted by atomic mass is 10.1. The van der Waals surface area contributed by atoms with Gasteiger partial charge in [-0.1, -0.05) is 19.9 Å². The first-order chi connectivity index (χ1) is 13.0. The van der Waals surface area contributed by atoms with E-state index in [1.54, 1.807) is 5.38 Å². The number of nitrogens with one attached hydrogen (secondary N) is 2. The summed E-state index contributed by atoms with van der Waals surface area (Å²) in [6.07, 6.45) is 3.68. The zero-order valence-corrected chi connectivity index (χ0v) is 16.5. The van der Waals surface area contributed by atoms with Crippen LogP contribution in [-0.2, 0) is 28.9 Å². The molecule has 2 N–H and O–H groups in total. The van der Waals surface area contributed by atoms with Crippen LogP contribution in [0, 0.1) is 5.92 Å². The Labute approximate surface area is 163 Å². The molecule has 0 aliphatic heterocycles. The minimum atomic E-state index is -0.111. The van der Waals surface area contributed by atoms with Crippen molar-refractivity contribution in [2.45, 2.75) is 39.5 Å². The van der Waals surface area contributed by atoms with Crippen LogP contribution in [-0.4, -0.2) is 29.9 Å². The first-order valence-electron chi connectivity index (χ1n) is 9.28. The molecule has 1 aliphatic carbocycles. The molecule has 2 aromatic rings. The summed E-state index contributed by atoms with van der Waals surface area (Å²) in [5.74, 6) is 0.560. The molecule has 6 nitrogen and oxygen atoms in total. The van der Waals surface area contributed by atoms with Gasteiger partial charge < -0.3 is 15.4 Å². The van der Waals surface area contributed by atoms with Crippen LogP contribution in [0.3, 0.4) is 0 Å². The van der Waals surface area contributed by atoms with E-state index in [9.17, 15) is 9.59 Å². The number of ether oxygens (including phenoxy) is 1. The Hall–Kier alpha value is -2.41. The minimum Gasteiger partial charge on any atom is -0.492 e. The maximum absolute atomic E-state index is 12.0. The Kier molecular flexibility index (Phi) is 6.45. The molecule has 7 heteroatoms. The Morgan fingerprint density at radius 2 is 2.07 bits per heavy atom. The summed E-state index contributed by atoms with van der Waals surface area (Å²) in [5, 5.41) is 7.89. The summed E-state index contributed by atoms with van der Waals surface area (Å²) in [5.41, 5.74) is 3.44. The molecule has 1 aliphatic rings. The van der Waals surface area contributed by atoms with Crippen molar-refractivity contribution in [3.8, 4) is 5.75 Å². The highest BCUT2D eigenvalue weighted by Crippen LogP contribution is 2.25. The number of benzene rings is 1. The van der Waals surface area contributed by atoms with Crippen LogP contribution >= 0.6 is 11.3 Å². The summed E-state index contributed by atoms with van der Waals surface area (Å²) in [6.45, 7) is 4.51. The Morgan fingerprint density at radius 3 is 2.89 bits per heavy atom. The van der Waals surface area contributed by atoms with Gasteiger partial charge in [-0.25, -0.2) is 4.98 Å². The van der Waals surface area contributed by atoms with E-state index in [1.165, 1.54) is 28.9 Å². The number of nitrogens with zero attached hydrogens (tertiary/aromatic N) is 1. The first kappa shape index (κ1) is 19.4. The van der Waals surface area contributed by atoms with E-state index in [-0.39, 0.29) is 24.2 Å². The first-order valence-corrected chi connectivity index (χ1v) is 10.2. The summed E-state index contributed by atoms with van der Waals surface area (Å²) in [4.78, 5) is 28.0. The summed E-state index contributed by atoms with van der Waals surface area (Å²) in [6, 6.07) is 6.23. The Morgan fingerprint density at radius 1 is 1.26 bits per heavy atom. The third-order valence-electron chi connectivity index (χ3n) is 4.41. The molecule has 0 unspecified atom stereocenters. The molecule has 0 fully saturated rings. The van der Waals surface area contributed by atoms with Crippen LogP contribution in [0.15, 0.2) is 23.6 Å². The lowest BCUT2D eigenvalue weighted by molar-refractivity contribution is -0.120. The van der Waals surface area contributed by atoms with Gasteiger partial charge in [0.1, 0.15) is 12.4 Å². The lowest BCUT2D eigenvalue weighted by Gasteiger charge is -2.09. The van der Waals surface area contributed by atoms with Crippen LogP contribution < -0.4 is 15.4 Å². The zero-order valence-electron chi connectivity index (χ0n) is 15.7. The number of amides is 2. The van der Waals surface area contributed by atoms with Crippen molar-refractivity contribution >= 4 is 28.3 Å². The minimum absolute atomic E-state index is 0.0796. The van der Waals surface area contributed by atoms with E-state index >= 15 is 0 Å². The van der Waals surface area contributed by atoms with Crippen molar-refractivity contribution in [1.82, 2.24) is 10.3 Å². The van der Waals surface area contributed by atoms with Crippen molar-refractivity contribution in [3.63, 3.8) is 0 Å². The number of fused-ring (bicyclic) bond motifs is 1. The third-order valence-corrected chi connectivity index (χ3v) is 5.22. The van der Waals surface area contributed by atoms with Crippen LogP contribution in [0.5, 0.6) is 5.75 Å². The standard InChI is InChI=1S/C20H25N3O3S/c1-13(2)19(25)23-20-22-16(12-27-20)11-18(24)21-8-9-26-17-7-6-14-4-3-5-15(14)10-17/h6-7,10,12-13H,3-5,8-9,11H2,1-2H3,(H,21,24)(H,22,23,25). The molecule has 0 saturated heterocycles. The topological polar surface area (TPSA) is 80.3 Å². The van der Waals surface area contributed by atoms with Gasteiger partial charge in [-0.2, -0.15) is 0 Å². The fourth-order valence-corrected chi connectivity index (χ4v) is 3.63. The molecule has 144 valence electrons. The van der Waals surface area contributed by atoms with Gasteiger partial charge >= 0.3 is 0 Å². The number of rotatable bonds is 8. The molecule has 3 rings (SSSR count). The van der Waals surface area contributed by atoms with Gasteiger partial charge in [0.2, 0.25) is 11.8 Å². The molecular weight excluding hydrogens is 362 g/mol. The monoisotopic (exact) mass is 387 g/mol. The number of hydrogen-bond donors (Lipinski definition) is 2. The average Bonchev–Trinajstić information content (AvgIpc) is 3.27. The fourth-order valence-electron chi connectivity index (χ4n) is 2.92. The van der Waals surface area contributed by atoms with Crippen molar-refractivity contribution in [2.24, 2.45) is 5.92 Å². The van der Waals surface area contributed by atoms with Gasteiger partial charge in [-0.05, 0) is 42.5 Å². The largest absolute Gasteiger partial charge is 0.492 e. The third kappa shape index (κ3) is 5.53. The second-order valence-corrected chi connectivity index (χ2v) is 7.81.